The maximum absolute atomic E-state index is 12.5. The average Bonchev–Trinajstić information content (AvgIpc) is 2.64. The van der Waals surface area contributed by atoms with Gasteiger partial charge in [-0.3, -0.25) is 19.5 Å². The molecule has 1 aromatic rings. The molecule has 0 saturated carbocycles. The highest BCUT2D eigenvalue weighted by molar-refractivity contribution is 7.80. The molecule has 1 aromatic carbocycles. The summed E-state index contributed by atoms with van der Waals surface area (Å²) >= 11 is 5.04. The van der Waals surface area contributed by atoms with Gasteiger partial charge in [-0.2, -0.15) is 0 Å². The van der Waals surface area contributed by atoms with Gasteiger partial charge < -0.3 is 10.1 Å². The second-order valence-electron chi connectivity index (χ2n) is 5.79. The number of ether oxygens (including phenoxy) is 1. The van der Waals surface area contributed by atoms with Crippen molar-refractivity contribution >= 4 is 41.3 Å². The van der Waals surface area contributed by atoms with Gasteiger partial charge in [0.05, 0.1) is 7.11 Å². The van der Waals surface area contributed by atoms with Crippen molar-refractivity contribution in [3.8, 4) is 0 Å². The predicted molar refractivity (Wildman–Crippen MR) is 101 cm³/mol. The fraction of sp³-hybridized carbons (Fsp3) is 0.389. The molecule has 0 spiro atoms. The lowest BCUT2D eigenvalue weighted by atomic mass is 10.0. The quantitative estimate of drug-likeness (QED) is 0.334. The predicted octanol–water partition coefficient (Wildman–Crippen LogP) is 1.11. The normalized spacial score (nSPS) is 18.8. The summed E-state index contributed by atoms with van der Waals surface area (Å²) in [6, 6.07) is 8.48. The molecule has 7 nitrogen and oxygen atoms in total. The molecule has 0 bridgehead atoms. The molecule has 0 unspecified atom stereocenters. The molecule has 138 valence electrons. The Kier molecular flexibility index (Phi) is 6.97. The highest BCUT2D eigenvalue weighted by Crippen LogP contribution is 2.12. The van der Waals surface area contributed by atoms with Crippen LogP contribution in [0.5, 0.6) is 0 Å². The number of aliphatic imine (C=N–C) groups is 1. The third kappa shape index (κ3) is 4.72. The number of esters is 1. The number of carbonyl (C=O) groups excluding carboxylic acids is 3. The van der Waals surface area contributed by atoms with E-state index in [4.69, 9.17) is 17.0 Å². The van der Waals surface area contributed by atoms with E-state index >= 15 is 0 Å². The van der Waals surface area contributed by atoms with Crippen LogP contribution in [0.25, 0.3) is 0 Å². The van der Waals surface area contributed by atoms with Crippen molar-refractivity contribution in [1.82, 2.24) is 10.2 Å². The molecule has 2 amide bonds. The minimum absolute atomic E-state index is 0.0975. The summed E-state index contributed by atoms with van der Waals surface area (Å²) in [5, 5.41) is 2.60. The zero-order valence-electron chi connectivity index (χ0n) is 14.7. The maximum Gasteiger partial charge on any atom is 0.330 e. The smallest absolute Gasteiger partial charge is 0.330 e. The molecule has 2 atom stereocenters. The number of carbonyl (C=O) groups is 3. The molecule has 8 heteroatoms. The number of hydrogen-bond acceptors (Lipinski definition) is 6. The topological polar surface area (TPSA) is 88.1 Å². The van der Waals surface area contributed by atoms with Gasteiger partial charge in [-0.25, -0.2) is 4.79 Å². The Morgan fingerprint density at radius 2 is 2.08 bits per heavy atom. The molecule has 1 aliphatic rings. The molecule has 2 rings (SSSR count). The highest BCUT2D eigenvalue weighted by atomic mass is 32.1. The van der Waals surface area contributed by atoms with Gasteiger partial charge in [-0.15, -0.1) is 0 Å². The molecule has 0 aliphatic carbocycles. The van der Waals surface area contributed by atoms with Gasteiger partial charge in [0.1, 0.15) is 0 Å². The summed E-state index contributed by atoms with van der Waals surface area (Å²) in [5.74, 6) is -2.63. The number of hydrogen-bond donors (Lipinski definition) is 1. The van der Waals surface area contributed by atoms with Gasteiger partial charge in [0.2, 0.25) is 11.8 Å². The largest absolute Gasteiger partial charge is 0.467 e. The average molecular weight is 375 g/mol. The fourth-order valence-corrected chi connectivity index (χ4v) is 2.84. The van der Waals surface area contributed by atoms with Gasteiger partial charge in [-0.05, 0) is 24.2 Å². The standard InChI is InChI=1S/C18H21N3O4S/c1-3-9-21-16(23)13(15(22)20-18(21)26)11-19-14(17(24)25-2)10-12-7-5-4-6-8-12/h4-8,11,13-14H,3,9-10H2,1-2H3,(H,20,22,26)/t13-,14-/m1/s1. The Bertz CT molecular complexity index is 720. The Morgan fingerprint density at radius 1 is 1.38 bits per heavy atom. The van der Waals surface area contributed by atoms with E-state index in [9.17, 15) is 14.4 Å². The van der Waals surface area contributed by atoms with E-state index in [1.165, 1.54) is 18.2 Å². The lowest BCUT2D eigenvalue weighted by Crippen LogP contribution is -2.58. The van der Waals surface area contributed by atoms with Gasteiger partial charge in [0.15, 0.2) is 17.1 Å². The van der Waals surface area contributed by atoms with Gasteiger partial charge in [0, 0.05) is 19.2 Å². The number of benzene rings is 1. The summed E-state index contributed by atoms with van der Waals surface area (Å²) < 4.78 is 4.79. The van der Waals surface area contributed by atoms with Gasteiger partial charge in [-0.1, -0.05) is 37.3 Å². The monoisotopic (exact) mass is 375 g/mol. The van der Waals surface area contributed by atoms with E-state index in [-0.39, 0.29) is 5.11 Å². The number of rotatable bonds is 7. The summed E-state index contributed by atoms with van der Waals surface area (Å²) in [7, 11) is 1.27. The van der Waals surface area contributed by atoms with Gasteiger partial charge >= 0.3 is 5.97 Å². The minimum atomic E-state index is -1.11. The van der Waals surface area contributed by atoms with Crippen LogP contribution in [-0.4, -0.2) is 53.7 Å². The molecule has 1 aliphatic heterocycles. The van der Waals surface area contributed by atoms with Crippen molar-refractivity contribution < 1.29 is 19.1 Å². The van der Waals surface area contributed by atoms with Crippen LogP contribution < -0.4 is 5.32 Å². The third-order valence-corrected chi connectivity index (χ3v) is 4.22. The lowest BCUT2D eigenvalue weighted by Gasteiger charge is -2.30. The Morgan fingerprint density at radius 3 is 2.69 bits per heavy atom. The Hall–Kier alpha value is -2.61. The van der Waals surface area contributed by atoms with Crippen LogP contribution in [0.15, 0.2) is 35.3 Å². The minimum Gasteiger partial charge on any atom is -0.467 e. The number of amides is 2. The number of thiocarbonyl (C=S) groups is 1. The van der Waals surface area contributed by atoms with Crippen molar-refractivity contribution in [3.63, 3.8) is 0 Å². The number of nitrogens with zero attached hydrogens (tertiary/aromatic N) is 2. The highest BCUT2D eigenvalue weighted by Gasteiger charge is 2.37. The zero-order chi connectivity index (χ0) is 19.1. The lowest BCUT2D eigenvalue weighted by molar-refractivity contribution is -0.142. The number of methoxy groups -OCH3 is 1. The van der Waals surface area contributed by atoms with E-state index in [0.717, 1.165) is 5.56 Å². The first-order valence-electron chi connectivity index (χ1n) is 8.29. The summed E-state index contributed by atoms with van der Waals surface area (Å²) in [5.41, 5.74) is 0.897. The fourth-order valence-electron chi connectivity index (χ4n) is 2.56. The van der Waals surface area contributed by atoms with Crippen LogP contribution in [0.2, 0.25) is 0 Å². The molecule has 1 fully saturated rings. The maximum atomic E-state index is 12.5. The molecular weight excluding hydrogens is 354 g/mol. The van der Waals surface area contributed by atoms with Crippen LogP contribution in [-0.2, 0) is 25.5 Å². The third-order valence-electron chi connectivity index (χ3n) is 3.90. The van der Waals surface area contributed by atoms with Gasteiger partial charge in [0.25, 0.3) is 0 Å². The molecule has 0 aromatic heterocycles. The SMILES string of the molecule is CCCN1C(=O)[C@H](C=N[C@H](Cc2ccccc2)C(=O)OC)C(=O)NC1=S. The van der Waals surface area contributed by atoms with Crippen LogP contribution >= 0.6 is 12.2 Å². The Labute approximate surface area is 157 Å². The van der Waals surface area contributed by atoms with Crippen molar-refractivity contribution in [2.45, 2.75) is 25.8 Å². The van der Waals surface area contributed by atoms with Crippen molar-refractivity contribution in [3.05, 3.63) is 35.9 Å². The second-order valence-corrected chi connectivity index (χ2v) is 6.18. The van der Waals surface area contributed by atoms with Crippen LogP contribution in [0, 0.1) is 5.92 Å². The first-order valence-corrected chi connectivity index (χ1v) is 8.70. The molecule has 26 heavy (non-hydrogen) atoms. The van der Waals surface area contributed by atoms with Crippen LogP contribution in [0.3, 0.4) is 0 Å². The van der Waals surface area contributed by atoms with Crippen LogP contribution in [0.4, 0.5) is 0 Å². The van der Waals surface area contributed by atoms with Crippen LogP contribution in [0.1, 0.15) is 18.9 Å². The van der Waals surface area contributed by atoms with E-state index in [1.54, 1.807) is 0 Å². The van der Waals surface area contributed by atoms with E-state index in [1.807, 2.05) is 37.3 Å². The van der Waals surface area contributed by atoms with E-state index < -0.39 is 29.7 Å². The molecule has 0 radical (unpaired) electrons. The Balaban J connectivity index is 2.19. The van der Waals surface area contributed by atoms with E-state index in [0.29, 0.717) is 19.4 Å². The molecular formula is C18H21N3O4S. The van der Waals surface area contributed by atoms with Crippen molar-refractivity contribution in [1.29, 1.82) is 0 Å². The zero-order valence-corrected chi connectivity index (χ0v) is 15.5. The summed E-state index contributed by atoms with van der Waals surface area (Å²) in [4.78, 5) is 42.2. The first kappa shape index (κ1) is 19.7. The number of nitrogens with one attached hydrogen (secondary N) is 1. The molecule has 1 heterocycles. The summed E-state index contributed by atoms with van der Waals surface area (Å²) in [6.07, 6.45) is 2.22. The van der Waals surface area contributed by atoms with Crippen molar-refractivity contribution in [2.75, 3.05) is 13.7 Å². The van der Waals surface area contributed by atoms with Crippen molar-refractivity contribution in [2.24, 2.45) is 10.9 Å². The molecule has 1 N–H and O–H groups in total. The second kappa shape index (κ2) is 9.19. The summed E-state index contributed by atoms with van der Waals surface area (Å²) in [6.45, 7) is 2.31. The first-order chi connectivity index (χ1) is 12.5. The molecule has 1 saturated heterocycles. The van der Waals surface area contributed by atoms with E-state index in [2.05, 4.69) is 10.3 Å².